The fourth-order valence-electron chi connectivity index (χ4n) is 3.48. The van der Waals surface area contributed by atoms with Gasteiger partial charge in [0.05, 0.1) is 12.0 Å². The molecule has 1 heterocycles. The third-order valence-corrected chi connectivity index (χ3v) is 5.71. The van der Waals surface area contributed by atoms with Crippen molar-refractivity contribution in [1.82, 2.24) is 4.98 Å². The van der Waals surface area contributed by atoms with Gasteiger partial charge in [-0.1, -0.05) is 29.8 Å². The first-order chi connectivity index (χ1) is 13.1. The summed E-state index contributed by atoms with van der Waals surface area (Å²) in [4.78, 5) is 5.79. The number of pyridine rings is 1. The normalized spacial score (nSPS) is 19.7. The lowest BCUT2D eigenvalue weighted by atomic mass is 9.86. The van der Waals surface area contributed by atoms with Gasteiger partial charge in [0.1, 0.15) is 11.6 Å². The predicted molar refractivity (Wildman–Crippen MR) is 114 cm³/mol. The van der Waals surface area contributed by atoms with Gasteiger partial charge < -0.3 is 20.6 Å². The number of anilines is 2. The highest BCUT2D eigenvalue weighted by Crippen LogP contribution is 2.29. The molecule has 1 aliphatic carbocycles. The molecule has 0 bridgehead atoms. The van der Waals surface area contributed by atoms with Crippen molar-refractivity contribution in [2.24, 2.45) is 11.7 Å². The minimum atomic E-state index is 0.383. The van der Waals surface area contributed by atoms with E-state index in [1.54, 1.807) is 7.11 Å². The first-order valence-electron chi connectivity index (χ1n) is 9.64. The van der Waals surface area contributed by atoms with E-state index in [1.807, 2.05) is 6.07 Å². The van der Waals surface area contributed by atoms with Gasteiger partial charge in [-0.15, -0.1) is 0 Å². The van der Waals surface area contributed by atoms with E-state index in [1.165, 1.54) is 36.0 Å². The van der Waals surface area contributed by atoms with Crippen LogP contribution in [0.4, 0.5) is 11.6 Å². The summed E-state index contributed by atoms with van der Waals surface area (Å²) in [5.74, 6) is 2.41. The van der Waals surface area contributed by atoms with Gasteiger partial charge in [-0.05, 0) is 56.2 Å². The van der Waals surface area contributed by atoms with Crippen LogP contribution in [-0.4, -0.2) is 24.7 Å². The van der Waals surface area contributed by atoms with E-state index in [2.05, 4.69) is 47.9 Å². The summed E-state index contributed by atoms with van der Waals surface area (Å²) >= 11 is 1.34. The number of nitrogens with two attached hydrogens (primary N) is 1. The molecule has 146 valence electrons. The number of nitrogens with zero attached hydrogens (tertiary/aromatic N) is 1. The fraction of sp³-hybridized carbons (Fsp3) is 0.476. The Kier molecular flexibility index (Phi) is 7.38. The van der Waals surface area contributed by atoms with Gasteiger partial charge in [-0.2, -0.15) is 0 Å². The fourth-order valence-corrected chi connectivity index (χ4v) is 3.98. The SMILES string of the molecule is COSc1ccc(NCc2cccc(C)c2)nc1NCC1CCC(N)CC1. The number of rotatable bonds is 8. The number of benzene rings is 1. The predicted octanol–water partition coefficient (Wildman–Crippen LogP) is 4.59. The Morgan fingerprint density at radius 2 is 1.96 bits per heavy atom. The molecular formula is C21H30N4OS. The largest absolute Gasteiger partial charge is 0.369 e. The first kappa shape index (κ1) is 20.0. The zero-order valence-electron chi connectivity index (χ0n) is 16.2. The van der Waals surface area contributed by atoms with Crippen LogP contribution in [0, 0.1) is 12.8 Å². The van der Waals surface area contributed by atoms with Crippen LogP contribution in [0.1, 0.15) is 36.8 Å². The summed E-state index contributed by atoms with van der Waals surface area (Å²) < 4.78 is 5.26. The lowest BCUT2D eigenvalue weighted by molar-refractivity contribution is 0.338. The second-order valence-electron chi connectivity index (χ2n) is 7.30. The van der Waals surface area contributed by atoms with Gasteiger partial charge in [0, 0.05) is 31.2 Å². The second-order valence-corrected chi connectivity index (χ2v) is 8.24. The summed E-state index contributed by atoms with van der Waals surface area (Å²) in [6.45, 7) is 3.79. The van der Waals surface area contributed by atoms with Crippen LogP contribution >= 0.6 is 12.0 Å². The Morgan fingerprint density at radius 3 is 2.70 bits per heavy atom. The van der Waals surface area contributed by atoms with Crippen molar-refractivity contribution in [2.75, 3.05) is 24.3 Å². The van der Waals surface area contributed by atoms with Crippen molar-refractivity contribution >= 4 is 23.7 Å². The molecule has 0 saturated heterocycles. The number of hydrogen-bond acceptors (Lipinski definition) is 6. The van der Waals surface area contributed by atoms with Gasteiger partial charge >= 0.3 is 0 Å². The molecule has 5 nitrogen and oxygen atoms in total. The lowest BCUT2D eigenvalue weighted by Gasteiger charge is -2.26. The third-order valence-electron chi connectivity index (χ3n) is 5.04. The molecule has 1 fully saturated rings. The molecule has 0 amide bonds. The summed E-state index contributed by atoms with van der Waals surface area (Å²) in [6, 6.07) is 12.9. The van der Waals surface area contributed by atoms with Gasteiger partial charge in [0.25, 0.3) is 0 Å². The van der Waals surface area contributed by atoms with Crippen LogP contribution in [0.2, 0.25) is 0 Å². The van der Waals surface area contributed by atoms with Crippen molar-refractivity contribution in [2.45, 2.75) is 50.1 Å². The average molecular weight is 387 g/mol. The van der Waals surface area contributed by atoms with Crippen LogP contribution in [0.15, 0.2) is 41.3 Å². The molecule has 0 radical (unpaired) electrons. The third kappa shape index (κ3) is 6.13. The maximum absolute atomic E-state index is 6.02. The van der Waals surface area contributed by atoms with E-state index in [9.17, 15) is 0 Å². The van der Waals surface area contributed by atoms with Crippen LogP contribution in [0.25, 0.3) is 0 Å². The molecule has 0 spiro atoms. The molecule has 1 saturated carbocycles. The Balaban J connectivity index is 1.62. The standard InChI is InChI=1S/C21H30N4OS/c1-15-4-3-5-17(12-15)14-23-20-11-10-19(27-26-2)21(25-20)24-13-16-6-8-18(22)9-7-16/h3-5,10-12,16,18H,6-9,13-14,22H2,1-2H3,(H2,23,24,25). The monoisotopic (exact) mass is 386 g/mol. The molecule has 1 aromatic heterocycles. The van der Waals surface area contributed by atoms with Crippen molar-refractivity contribution in [1.29, 1.82) is 0 Å². The van der Waals surface area contributed by atoms with Crippen molar-refractivity contribution in [3.63, 3.8) is 0 Å². The van der Waals surface area contributed by atoms with Crippen LogP contribution in [0.5, 0.6) is 0 Å². The van der Waals surface area contributed by atoms with Crippen LogP contribution in [-0.2, 0) is 10.7 Å². The first-order valence-corrected chi connectivity index (χ1v) is 10.4. The van der Waals surface area contributed by atoms with Crippen molar-refractivity contribution < 1.29 is 4.18 Å². The van der Waals surface area contributed by atoms with Gasteiger partial charge in [-0.3, -0.25) is 0 Å². The Bertz CT molecular complexity index is 732. The number of nitrogens with one attached hydrogen (secondary N) is 2. The van der Waals surface area contributed by atoms with Gasteiger partial charge in [0.2, 0.25) is 0 Å². The molecule has 2 aromatic rings. The van der Waals surface area contributed by atoms with E-state index in [0.717, 1.165) is 42.5 Å². The highest BCUT2D eigenvalue weighted by Gasteiger charge is 2.19. The van der Waals surface area contributed by atoms with E-state index in [-0.39, 0.29) is 0 Å². The molecule has 4 N–H and O–H groups in total. The molecule has 1 aliphatic rings. The van der Waals surface area contributed by atoms with Crippen molar-refractivity contribution in [3.05, 3.63) is 47.5 Å². The van der Waals surface area contributed by atoms with Crippen LogP contribution in [0.3, 0.4) is 0 Å². The lowest BCUT2D eigenvalue weighted by Crippen LogP contribution is -2.29. The maximum Gasteiger partial charge on any atom is 0.144 e. The molecule has 0 aliphatic heterocycles. The minimum absolute atomic E-state index is 0.383. The van der Waals surface area contributed by atoms with E-state index in [4.69, 9.17) is 14.9 Å². The quantitative estimate of drug-likeness (QED) is 0.577. The summed E-state index contributed by atoms with van der Waals surface area (Å²) in [5.41, 5.74) is 8.53. The Labute approximate surface area is 166 Å². The second kappa shape index (κ2) is 9.97. The topological polar surface area (TPSA) is 72.2 Å². The summed E-state index contributed by atoms with van der Waals surface area (Å²) in [5, 5.41) is 6.96. The highest BCUT2D eigenvalue weighted by molar-refractivity contribution is 7.94. The summed E-state index contributed by atoms with van der Waals surface area (Å²) in [7, 11) is 1.68. The average Bonchev–Trinajstić information content (AvgIpc) is 2.67. The molecule has 6 heteroatoms. The highest BCUT2D eigenvalue weighted by atomic mass is 32.2. The molecule has 3 rings (SSSR count). The van der Waals surface area contributed by atoms with E-state index >= 15 is 0 Å². The van der Waals surface area contributed by atoms with Crippen molar-refractivity contribution in [3.8, 4) is 0 Å². The Hall–Kier alpha value is -1.76. The minimum Gasteiger partial charge on any atom is -0.369 e. The van der Waals surface area contributed by atoms with Gasteiger partial charge in [-0.25, -0.2) is 4.98 Å². The van der Waals surface area contributed by atoms with Gasteiger partial charge in [0.15, 0.2) is 0 Å². The zero-order valence-corrected chi connectivity index (χ0v) is 17.0. The molecule has 1 aromatic carbocycles. The Morgan fingerprint density at radius 1 is 1.15 bits per heavy atom. The molecule has 0 atom stereocenters. The van der Waals surface area contributed by atoms with E-state index < -0.39 is 0 Å². The molecule has 0 unspecified atom stereocenters. The van der Waals surface area contributed by atoms with E-state index in [0.29, 0.717) is 12.0 Å². The number of aromatic nitrogens is 1. The summed E-state index contributed by atoms with van der Waals surface area (Å²) in [6.07, 6.45) is 4.62. The molecular weight excluding hydrogens is 356 g/mol. The number of aryl methyl sites for hydroxylation is 1. The zero-order chi connectivity index (χ0) is 19.1. The smallest absolute Gasteiger partial charge is 0.144 e. The maximum atomic E-state index is 6.02. The number of hydrogen-bond donors (Lipinski definition) is 3. The molecule has 27 heavy (non-hydrogen) atoms. The van der Waals surface area contributed by atoms with Crippen LogP contribution < -0.4 is 16.4 Å².